The summed E-state index contributed by atoms with van der Waals surface area (Å²) in [7, 11) is -4.27. The Balaban J connectivity index is 2.94. The van der Waals surface area contributed by atoms with Crippen molar-refractivity contribution in [3.05, 3.63) is 29.0 Å². The highest BCUT2D eigenvalue weighted by Gasteiger charge is 2.23. The Hall–Kier alpha value is -1.22. The number of benzene rings is 1. The lowest BCUT2D eigenvalue weighted by Gasteiger charge is -2.09. The standard InChI is InChI=1S/C9H9ClFNO5S/c10-5-2-1-3-7(8(5)11)18(16,17)12-4-6(13)9(14)15/h1-3,6,12-13H,4H2,(H,14,15). The first-order valence-electron chi connectivity index (χ1n) is 4.60. The molecule has 0 heterocycles. The highest BCUT2D eigenvalue weighted by molar-refractivity contribution is 7.89. The third-order valence-corrected chi connectivity index (χ3v) is 3.69. The Kier molecular flexibility index (Phi) is 4.63. The lowest BCUT2D eigenvalue weighted by molar-refractivity contribution is -0.146. The van der Waals surface area contributed by atoms with Crippen LogP contribution in [-0.2, 0) is 14.8 Å². The second-order valence-corrected chi connectivity index (χ2v) is 5.40. The smallest absolute Gasteiger partial charge is 0.333 e. The van der Waals surface area contributed by atoms with E-state index in [0.717, 1.165) is 6.07 Å². The maximum absolute atomic E-state index is 13.5. The molecule has 0 amide bonds. The van der Waals surface area contributed by atoms with Gasteiger partial charge in [-0.2, -0.15) is 0 Å². The number of carboxylic acid groups (broad SMARTS) is 1. The van der Waals surface area contributed by atoms with Crippen LogP contribution in [0.5, 0.6) is 0 Å². The molecule has 6 nitrogen and oxygen atoms in total. The number of carbonyl (C=O) groups is 1. The van der Waals surface area contributed by atoms with Crippen molar-refractivity contribution < 1.29 is 27.8 Å². The molecule has 0 aliphatic rings. The molecule has 0 fully saturated rings. The Morgan fingerprint density at radius 1 is 1.50 bits per heavy atom. The highest BCUT2D eigenvalue weighted by Crippen LogP contribution is 2.21. The minimum Gasteiger partial charge on any atom is -0.479 e. The summed E-state index contributed by atoms with van der Waals surface area (Å²) >= 11 is 5.42. The number of sulfonamides is 1. The maximum Gasteiger partial charge on any atom is 0.333 e. The van der Waals surface area contributed by atoms with Crippen LogP contribution in [0.25, 0.3) is 0 Å². The molecule has 0 aliphatic carbocycles. The largest absolute Gasteiger partial charge is 0.479 e. The van der Waals surface area contributed by atoms with Gasteiger partial charge in [0.05, 0.1) is 5.02 Å². The van der Waals surface area contributed by atoms with E-state index in [-0.39, 0.29) is 5.02 Å². The average Bonchev–Trinajstić information content (AvgIpc) is 2.29. The van der Waals surface area contributed by atoms with Crippen LogP contribution < -0.4 is 4.72 Å². The SMILES string of the molecule is O=C(O)C(O)CNS(=O)(=O)c1cccc(Cl)c1F. The zero-order valence-electron chi connectivity index (χ0n) is 8.80. The molecule has 18 heavy (non-hydrogen) atoms. The quantitative estimate of drug-likeness (QED) is 0.720. The van der Waals surface area contributed by atoms with E-state index in [1.165, 1.54) is 12.1 Å². The molecule has 1 unspecified atom stereocenters. The molecule has 0 saturated heterocycles. The molecule has 0 bridgehead atoms. The van der Waals surface area contributed by atoms with Crippen LogP contribution >= 0.6 is 11.6 Å². The van der Waals surface area contributed by atoms with Gasteiger partial charge in [-0.25, -0.2) is 22.3 Å². The molecule has 9 heteroatoms. The van der Waals surface area contributed by atoms with Crippen molar-refractivity contribution >= 4 is 27.6 Å². The van der Waals surface area contributed by atoms with E-state index in [1.54, 1.807) is 4.72 Å². The van der Waals surface area contributed by atoms with Gasteiger partial charge in [0.25, 0.3) is 0 Å². The summed E-state index contributed by atoms with van der Waals surface area (Å²) in [4.78, 5) is 9.58. The van der Waals surface area contributed by atoms with E-state index < -0.39 is 39.4 Å². The number of aliphatic hydroxyl groups excluding tert-OH is 1. The normalized spacial score (nSPS) is 13.3. The first-order valence-corrected chi connectivity index (χ1v) is 6.46. The van der Waals surface area contributed by atoms with Crippen LogP contribution in [0.4, 0.5) is 4.39 Å². The van der Waals surface area contributed by atoms with Crippen molar-refractivity contribution in [3.63, 3.8) is 0 Å². The zero-order valence-corrected chi connectivity index (χ0v) is 10.4. The second kappa shape index (κ2) is 5.61. The number of halogens is 2. The minimum absolute atomic E-state index is 0.378. The minimum atomic E-state index is -4.27. The summed E-state index contributed by atoms with van der Waals surface area (Å²) in [6, 6.07) is 3.37. The maximum atomic E-state index is 13.5. The van der Waals surface area contributed by atoms with Crippen LogP contribution in [0.3, 0.4) is 0 Å². The highest BCUT2D eigenvalue weighted by atomic mass is 35.5. The second-order valence-electron chi connectivity index (χ2n) is 3.26. The van der Waals surface area contributed by atoms with Crippen LogP contribution in [0, 0.1) is 5.82 Å². The van der Waals surface area contributed by atoms with Crippen molar-refractivity contribution in [2.45, 2.75) is 11.0 Å². The van der Waals surface area contributed by atoms with Gasteiger partial charge in [-0.05, 0) is 12.1 Å². The first kappa shape index (κ1) is 14.8. The molecule has 100 valence electrons. The molecule has 0 spiro atoms. The van der Waals surface area contributed by atoms with Gasteiger partial charge in [-0.1, -0.05) is 17.7 Å². The summed E-state index contributed by atoms with van der Waals surface area (Å²) < 4.78 is 38.5. The molecule has 1 rings (SSSR count). The number of rotatable bonds is 5. The molecule has 0 radical (unpaired) electrons. The van der Waals surface area contributed by atoms with E-state index in [1.807, 2.05) is 0 Å². The van der Waals surface area contributed by atoms with Crippen LogP contribution in [0.15, 0.2) is 23.1 Å². The van der Waals surface area contributed by atoms with Crippen molar-refractivity contribution in [3.8, 4) is 0 Å². The fraction of sp³-hybridized carbons (Fsp3) is 0.222. The lowest BCUT2D eigenvalue weighted by Crippen LogP contribution is -2.36. The third kappa shape index (κ3) is 3.39. The Bertz CT molecular complexity index is 562. The summed E-state index contributed by atoms with van der Waals surface area (Å²) in [6.45, 7) is -0.774. The van der Waals surface area contributed by atoms with E-state index in [2.05, 4.69) is 0 Å². The van der Waals surface area contributed by atoms with Gasteiger partial charge in [-0.15, -0.1) is 0 Å². The molecular weight excluding hydrogens is 289 g/mol. The molecule has 0 saturated carbocycles. The first-order chi connectivity index (χ1) is 8.25. The van der Waals surface area contributed by atoms with Gasteiger partial charge < -0.3 is 10.2 Å². The monoisotopic (exact) mass is 297 g/mol. The molecule has 1 atom stereocenters. The number of carboxylic acids is 1. The molecular formula is C9H9ClFNO5S. The van der Waals surface area contributed by atoms with Crippen LogP contribution in [-0.4, -0.2) is 37.2 Å². The molecule has 3 N–H and O–H groups in total. The fourth-order valence-electron chi connectivity index (χ4n) is 1.05. The third-order valence-electron chi connectivity index (χ3n) is 1.96. The lowest BCUT2D eigenvalue weighted by atomic mass is 10.3. The summed E-state index contributed by atoms with van der Waals surface area (Å²) in [5, 5.41) is 16.9. The van der Waals surface area contributed by atoms with Crippen molar-refractivity contribution in [2.24, 2.45) is 0 Å². The number of hydrogen-bond donors (Lipinski definition) is 3. The summed E-state index contributed by atoms with van der Waals surface area (Å²) in [5.41, 5.74) is 0. The molecule has 0 aliphatic heterocycles. The number of aliphatic hydroxyl groups is 1. The summed E-state index contributed by atoms with van der Waals surface area (Å²) in [6.07, 6.45) is -1.91. The average molecular weight is 298 g/mol. The van der Waals surface area contributed by atoms with E-state index in [0.29, 0.717) is 0 Å². The Morgan fingerprint density at radius 2 is 2.11 bits per heavy atom. The molecule has 0 aromatic heterocycles. The van der Waals surface area contributed by atoms with Gasteiger partial charge in [-0.3, -0.25) is 0 Å². The predicted octanol–water partition coefficient (Wildman–Crippen LogP) is 0.203. The topological polar surface area (TPSA) is 104 Å². The van der Waals surface area contributed by atoms with Crippen molar-refractivity contribution in [1.82, 2.24) is 4.72 Å². The van der Waals surface area contributed by atoms with Gasteiger partial charge in [0, 0.05) is 6.54 Å². The zero-order chi connectivity index (χ0) is 13.9. The Labute approximate surface area is 107 Å². The summed E-state index contributed by atoms with van der Waals surface area (Å²) in [5.74, 6) is -2.74. The number of hydrogen-bond acceptors (Lipinski definition) is 4. The fourth-order valence-corrected chi connectivity index (χ4v) is 2.41. The van der Waals surface area contributed by atoms with E-state index in [4.69, 9.17) is 21.8 Å². The van der Waals surface area contributed by atoms with Gasteiger partial charge >= 0.3 is 5.97 Å². The van der Waals surface area contributed by atoms with Crippen LogP contribution in [0.1, 0.15) is 0 Å². The van der Waals surface area contributed by atoms with Gasteiger partial charge in [0.1, 0.15) is 4.90 Å². The van der Waals surface area contributed by atoms with Crippen molar-refractivity contribution in [1.29, 1.82) is 0 Å². The van der Waals surface area contributed by atoms with Gasteiger partial charge in [0.15, 0.2) is 11.9 Å². The van der Waals surface area contributed by atoms with E-state index in [9.17, 15) is 17.6 Å². The predicted molar refractivity (Wildman–Crippen MR) is 60.2 cm³/mol. The van der Waals surface area contributed by atoms with Crippen molar-refractivity contribution in [2.75, 3.05) is 6.54 Å². The number of aliphatic carboxylic acids is 1. The van der Waals surface area contributed by atoms with Crippen LogP contribution in [0.2, 0.25) is 5.02 Å². The molecule has 1 aromatic carbocycles. The Morgan fingerprint density at radius 3 is 2.67 bits per heavy atom. The van der Waals surface area contributed by atoms with Gasteiger partial charge in [0.2, 0.25) is 10.0 Å². The number of nitrogens with one attached hydrogen (secondary N) is 1. The molecule has 1 aromatic rings. The van der Waals surface area contributed by atoms with E-state index >= 15 is 0 Å².